The molecule has 0 radical (unpaired) electrons. The summed E-state index contributed by atoms with van der Waals surface area (Å²) in [5.74, 6) is 0.989. The minimum absolute atomic E-state index is 0.110. The van der Waals surface area contributed by atoms with E-state index in [2.05, 4.69) is 25.2 Å². The first-order chi connectivity index (χ1) is 9.65. The van der Waals surface area contributed by atoms with Crippen molar-refractivity contribution in [1.82, 2.24) is 20.5 Å². The summed E-state index contributed by atoms with van der Waals surface area (Å²) in [4.78, 5) is 4.03. The summed E-state index contributed by atoms with van der Waals surface area (Å²) in [7, 11) is 0. The lowest BCUT2D eigenvalue weighted by atomic mass is 10.1. The van der Waals surface area contributed by atoms with Crippen LogP contribution in [0, 0.1) is 0 Å². The molecule has 7 heteroatoms. The molecule has 0 aliphatic heterocycles. The van der Waals surface area contributed by atoms with Gasteiger partial charge in [0, 0.05) is 19.0 Å². The Kier molecular flexibility index (Phi) is 5.00. The molecule has 2 aromatic rings. The SMILES string of the molecule is CC(NCCc1ncn[nH]1)c1ccc(OC(F)F)cc1. The summed E-state index contributed by atoms with van der Waals surface area (Å²) in [6.45, 7) is -0.0482. The highest BCUT2D eigenvalue weighted by Gasteiger charge is 2.07. The number of H-pyrrole nitrogens is 1. The highest BCUT2D eigenvalue weighted by molar-refractivity contribution is 5.28. The smallest absolute Gasteiger partial charge is 0.387 e. The minimum atomic E-state index is -2.79. The van der Waals surface area contributed by atoms with Crippen LogP contribution in [0.15, 0.2) is 30.6 Å². The van der Waals surface area contributed by atoms with E-state index in [-0.39, 0.29) is 11.8 Å². The van der Waals surface area contributed by atoms with E-state index in [1.807, 2.05) is 6.92 Å². The molecule has 0 spiro atoms. The van der Waals surface area contributed by atoms with E-state index in [1.54, 1.807) is 12.1 Å². The Bertz CT molecular complexity index is 502. The van der Waals surface area contributed by atoms with Crippen molar-refractivity contribution in [3.05, 3.63) is 42.0 Å². The van der Waals surface area contributed by atoms with E-state index in [0.717, 1.165) is 24.4 Å². The van der Waals surface area contributed by atoms with Crippen molar-refractivity contribution in [2.45, 2.75) is 26.0 Å². The normalized spacial score (nSPS) is 12.6. The average Bonchev–Trinajstić information content (AvgIpc) is 2.92. The predicted octanol–water partition coefficient (Wildman–Crippen LogP) is 2.30. The van der Waals surface area contributed by atoms with Gasteiger partial charge in [0.2, 0.25) is 0 Å². The van der Waals surface area contributed by atoms with Crippen LogP contribution in [-0.2, 0) is 6.42 Å². The number of hydrogen-bond acceptors (Lipinski definition) is 4. The zero-order chi connectivity index (χ0) is 14.4. The zero-order valence-electron chi connectivity index (χ0n) is 11.0. The summed E-state index contributed by atoms with van der Waals surface area (Å²) in [6, 6.07) is 6.72. The van der Waals surface area contributed by atoms with Crippen molar-refractivity contribution >= 4 is 0 Å². The van der Waals surface area contributed by atoms with Gasteiger partial charge in [-0.3, -0.25) is 5.10 Å². The van der Waals surface area contributed by atoms with E-state index >= 15 is 0 Å². The molecule has 20 heavy (non-hydrogen) atoms. The van der Waals surface area contributed by atoms with Gasteiger partial charge in [-0.1, -0.05) is 12.1 Å². The van der Waals surface area contributed by atoms with Gasteiger partial charge < -0.3 is 10.1 Å². The number of aromatic nitrogens is 3. The number of benzene rings is 1. The maximum absolute atomic E-state index is 12.0. The van der Waals surface area contributed by atoms with Gasteiger partial charge in [0.1, 0.15) is 17.9 Å². The van der Waals surface area contributed by atoms with E-state index in [1.165, 1.54) is 18.5 Å². The molecule has 108 valence electrons. The van der Waals surface area contributed by atoms with Crippen LogP contribution in [0.3, 0.4) is 0 Å². The molecule has 1 aromatic heterocycles. The Hall–Kier alpha value is -2.02. The second-order valence-corrected chi connectivity index (χ2v) is 4.31. The molecule has 0 aliphatic rings. The van der Waals surface area contributed by atoms with Gasteiger partial charge in [0.15, 0.2) is 0 Å². The lowest BCUT2D eigenvalue weighted by Crippen LogP contribution is -2.21. The van der Waals surface area contributed by atoms with Crippen molar-refractivity contribution in [2.75, 3.05) is 6.54 Å². The first-order valence-corrected chi connectivity index (χ1v) is 6.27. The summed E-state index contributed by atoms with van der Waals surface area (Å²) in [5, 5.41) is 9.88. The third-order valence-electron chi connectivity index (χ3n) is 2.88. The molecule has 0 saturated heterocycles. The third-order valence-corrected chi connectivity index (χ3v) is 2.88. The van der Waals surface area contributed by atoms with Gasteiger partial charge in [0.25, 0.3) is 0 Å². The molecule has 0 amide bonds. The van der Waals surface area contributed by atoms with Crippen LogP contribution in [0.1, 0.15) is 24.4 Å². The molecule has 5 nitrogen and oxygen atoms in total. The monoisotopic (exact) mass is 282 g/mol. The van der Waals surface area contributed by atoms with Crippen molar-refractivity contribution in [1.29, 1.82) is 0 Å². The van der Waals surface area contributed by atoms with E-state index in [0.29, 0.717) is 0 Å². The number of rotatable bonds is 7. The Morgan fingerprint density at radius 2 is 2.05 bits per heavy atom. The molecule has 2 rings (SSSR count). The Morgan fingerprint density at radius 3 is 2.65 bits per heavy atom. The fourth-order valence-corrected chi connectivity index (χ4v) is 1.81. The van der Waals surface area contributed by atoms with Crippen molar-refractivity contribution in [3.8, 4) is 5.75 Å². The van der Waals surface area contributed by atoms with Gasteiger partial charge in [0.05, 0.1) is 0 Å². The Labute approximate surface area is 115 Å². The van der Waals surface area contributed by atoms with E-state index in [9.17, 15) is 8.78 Å². The molecule has 0 saturated carbocycles. The van der Waals surface area contributed by atoms with Gasteiger partial charge in [-0.05, 0) is 24.6 Å². The number of nitrogens with one attached hydrogen (secondary N) is 2. The van der Waals surface area contributed by atoms with Crippen molar-refractivity contribution in [3.63, 3.8) is 0 Å². The summed E-state index contributed by atoms with van der Waals surface area (Å²) < 4.78 is 28.4. The first-order valence-electron chi connectivity index (χ1n) is 6.27. The Morgan fingerprint density at radius 1 is 1.30 bits per heavy atom. The molecule has 1 aromatic carbocycles. The number of halogens is 2. The number of alkyl halides is 2. The molecule has 0 bridgehead atoms. The maximum atomic E-state index is 12.0. The summed E-state index contributed by atoms with van der Waals surface area (Å²) in [5.41, 5.74) is 1.00. The van der Waals surface area contributed by atoms with Crippen LogP contribution in [0.5, 0.6) is 5.75 Å². The largest absolute Gasteiger partial charge is 0.435 e. The van der Waals surface area contributed by atoms with Crippen LogP contribution < -0.4 is 10.1 Å². The van der Waals surface area contributed by atoms with Crippen LogP contribution in [-0.4, -0.2) is 28.3 Å². The fraction of sp³-hybridized carbons (Fsp3) is 0.385. The topological polar surface area (TPSA) is 62.8 Å². The third kappa shape index (κ3) is 4.27. The number of hydrogen-bond donors (Lipinski definition) is 2. The van der Waals surface area contributed by atoms with Crippen LogP contribution in [0.25, 0.3) is 0 Å². The molecule has 0 fully saturated rings. The summed E-state index contributed by atoms with van der Waals surface area (Å²) >= 11 is 0. The van der Waals surface area contributed by atoms with Crippen molar-refractivity contribution in [2.24, 2.45) is 0 Å². The van der Waals surface area contributed by atoms with Gasteiger partial charge in [-0.2, -0.15) is 13.9 Å². The van der Waals surface area contributed by atoms with Gasteiger partial charge in [-0.15, -0.1) is 0 Å². The van der Waals surface area contributed by atoms with Crippen molar-refractivity contribution < 1.29 is 13.5 Å². The lowest BCUT2D eigenvalue weighted by Gasteiger charge is -2.14. The fourth-order valence-electron chi connectivity index (χ4n) is 1.81. The predicted molar refractivity (Wildman–Crippen MR) is 69.6 cm³/mol. The zero-order valence-corrected chi connectivity index (χ0v) is 11.0. The van der Waals surface area contributed by atoms with Crippen LogP contribution in [0.2, 0.25) is 0 Å². The Balaban J connectivity index is 1.81. The summed E-state index contributed by atoms with van der Waals surface area (Å²) in [6.07, 6.45) is 2.22. The molecule has 2 N–H and O–H groups in total. The highest BCUT2D eigenvalue weighted by atomic mass is 19.3. The number of nitrogens with zero attached hydrogens (tertiary/aromatic N) is 2. The molecule has 1 atom stereocenters. The first kappa shape index (κ1) is 14.4. The lowest BCUT2D eigenvalue weighted by molar-refractivity contribution is -0.0498. The van der Waals surface area contributed by atoms with Crippen LogP contribution >= 0.6 is 0 Å². The van der Waals surface area contributed by atoms with Gasteiger partial charge >= 0.3 is 6.61 Å². The highest BCUT2D eigenvalue weighted by Crippen LogP contribution is 2.19. The van der Waals surface area contributed by atoms with E-state index < -0.39 is 6.61 Å². The quantitative estimate of drug-likeness (QED) is 0.818. The standard InChI is InChI=1S/C13H16F2N4O/c1-9(16-7-6-12-17-8-18-19-12)10-2-4-11(5-3-10)20-13(14)15/h2-5,8-9,13,16H,6-7H2,1H3,(H,17,18,19). The molecular formula is C13H16F2N4O. The number of aromatic amines is 1. The average molecular weight is 282 g/mol. The maximum Gasteiger partial charge on any atom is 0.387 e. The van der Waals surface area contributed by atoms with Gasteiger partial charge in [-0.25, -0.2) is 4.98 Å². The molecule has 0 aliphatic carbocycles. The van der Waals surface area contributed by atoms with Crippen LogP contribution in [0.4, 0.5) is 8.78 Å². The molecule has 1 heterocycles. The molecule has 1 unspecified atom stereocenters. The molecular weight excluding hydrogens is 266 g/mol. The number of ether oxygens (including phenoxy) is 1. The second-order valence-electron chi connectivity index (χ2n) is 4.31. The second kappa shape index (κ2) is 6.95. The minimum Gasteiger partial charge on any atom is -0.435 e. The van der Waals surface area contributed by atoms with E-state index in [4.69, 9.17) is 0 Å².